The molecular formula is C10H16N2O2S. The van der Waals surface area contributed by atoms with Gasteiger partial charge in [-0.1, -0.05) is 6.92 Å². The van der Waals surface area contributed by atoms with Crippen LogP contribution in [0.2, 0.25) is 0 Å². The maximum atomic E-state index is 11.3. The molecule has 15 heavy (non-hydrogen) atoms. The van der Waals surface area contributed by atoms with Crippen LogP contribution in [-0.4, -0.2) is 29.7 Å². The maximum absolute atomic E-state index is 11.3. The van der Waals surface area contributed by atoms with Crippen molar-refractivity contribution in [1.82, 2.24) is 9.78 Å². The normalized spacial score (nSPS) is 21.7. The van der Waals surface area contributed by atoms with Crippen LogP contribution in [0, 0.1) is 0 Å². The van der Waals surface area contributed by atoms with Crippen molar-refractivity contribution >= 4 is 9.84 Å². The Kier molecular flexibility index (Phi) is 2.82. The molecule has 84 valence electrons. The molecule has 5 heteroatoms. The van der Waals surface area contributed by atoms with Crippen molar-refractivity contribution in [1.29, 1.82) is 0 Å². The van der Waals surface area contributed by atoms with Gasteiger partial charge < -0.3 is 0 Å². The molecule has 0 saturated carbocycles. The fraction of sp³-hybridized carbons (Fsp3) is 0.700. The molecule has 1 aliphatic rings. The standard InChI is InChI=1S/C10H16N2O2S/c1-2-9-7-11-12(8-9)10-3-5-15(13,14)6-4-10/h7-8,10H,2-6H2,1H3. The van der Waals surface area contributed by atoms with E-state index in [1.807, 2.05) is 17.1 Å². The Balaban J connectivity index is 2.07. The zero-order valence-corrected chi connectivity index (χ0v) is 9.70. The highest BCUT2D eigenvalue weighted by atomic mass is 32.2. The third kappa shape index (κ3) is 2.40. The second-order valence-corrected chi connectivity index (χ2v) is 6.37. The summed E-state index contributed by atoms with van der Waals surface area (Å²) in [7, 11) is -2.76. The van der Waals surface area contributed by atoms with Gasteiger partial charge in [0.2, 0.25) is 0 Å². The fourth-order valence-electron chi connectivity index (χ4n) is 1.90. The molecule has 0 aliphatic carbocycles. The summed E-state index contributed by atoms with van der Waals surface area (Å²) in [5.74, 6) is 0.609. The third-order valence-electron chi connectivity index (χ3n) is 2.96. The minimum Gasteiger partial charge on any atom is -0.269 e. The van der Waals surface area contributed by atoms with Crippen LogP contribution in [0.25, 0.3) is 0 Å². The number of aryl methyl sites for hydroxylation is 1. The van der Waals surface area contributed by atoms with Crippen LogP contribution < -0.4 is 0 Å². The number of aromatic nitrogens is 2. The lowest BCUT2D eigenvalue weighted by Crippen LogP contribution is -2.25. The Bertz CT molecular complexity index is 422. The maximum Gasteiger partial charge on any atom is 0.150 e. The van der Waals surface area contributed by atoms with Crippen LogP contribution in [0.5, 0.6) is 0 Å². The molecule has 1 saturated heterocycles. The van der Waals surface area contributed by atoms with Gasteiger partial charge >= 0.3 is 0 Å². The lowest BCUT2D eigenvalue weighted by molar-refractivity contribution is 0.413. The highest BCUT2D eigenvalue weighted by Gasteiger charge is 2.24. The zero-order chi connectivity index (χ0) is 10.9. The fourth-order valence-corrected chi connectivity index (χ4v) is 3.37. The number of rotatable bonds is 2. The van der Waals surface area contributed by atoms with Crippen LogP contribution in [0.4, 0.5) is 0 Å². The molecular weight excluding hydrogens is 212 g/mol. The molecule has 1 aliphatic heterocycles. The van der Waals surface area contributed by atoms with Crippen LogP contribution in [0.1, 0.15) is 31.4 Å². The highest BCUT2D eigenvalue weighted by molar-refractivity contribution is 7.91. The van der Waals surface area contributed by atoms with Crippen molar-refractivity contribution < 1.29 is 8.42 Å². The average molecular weight is 228 g/mol. The van der Waals surface area contributed by atoms with E-state index in [-0.39, 0.29) is 6.04 Å². The molecule has 1 aromatic heterocycles. The number of nitrogens with zero attached hydrogens (tertiary/aromatic N) is 2. The van der Waals surface area contributed by atoms with E-state index in [9.17, 15) is 8.42 Å². The van der Waals surface area contributed by atoms with Gasteiger partial charge in [-0.25, -0.2) is 8.42 Å². The van der Waals surface area contributed by atoms with Gasteiger partial charge in [0.1, 0.15) is 9.84 Å². The van der Waals surface area contributed by atoms with E-state index in [4.69, 9.17) is 0 Å². The first kappa shape index (κ1) is 10.7. The van der Waals surface area contributed by atoms with Gasteiger partial charge in [0.05, 0.1) is 23.7 Å². The molecule has 0 N–H and O–H groups in total. The average Bonchev–Trinajstić information content (AvgIpc) is 2.66. The van der Waals surface area contributed by atoms with E-state index in [0.717, 1.165) is 6.42 Å². The van der Waals surface area contributed by atoms with E-state index < -0.39 is 9.84 Å². The van der Waals surface area contributed by atoms with Gasteiger partial charge in [-0.15, -0.1) is 0 Å². The van der Waals surface area contributed by atoms with Gasteiger partial charge in [0.25, 0.3) is 0 Å². The van der Waals surface area contributed by atoms with E-state index in [1.165, 1.54) is 5.56 Å². The first-order chi connectivity index (χ1) is 7.11. The Hall–Kier alpha value is -0.840. The summed E-state index contributed by atoms with van der Waals surface area (Å²) >= 11 is 0. The first-order valence-electron chi connectivity index (χ1n) is 5.34. The summed E-state index contributed by atoms with van der Waals surface area (Å²) in [6.45, 7) is 2.09. The number of hydrogen-bond donors (Lipinski definition) is 0. The predicted molar refractivity (Wildman–Crippen MR) is 58.5 cm³/mol. The Morgan fingerprint density at radius 1 is 1.47 bits per heavy atom. The van der Waals surface area contributed by atoms with Crippen molar-refractivity contribution in [3.63, 3.8) is 0 Å². The third-order valence-corrected chi connectivity index (χ3v) is 4.68. The molecule has 0 unspecified atom stereocenters. The summed E-state index contributed by atoms with van der Waals surface area (Å²) in [4.78, 5) is 0. The topological polar surface area (TPSA) is 52.0 Å². The van der Waals surface area contributed by atoms with E-state index in [2.05, 4.69) is 12.0 Å². The van der Waals surface area contributed by atoms with Gasteiger partial charge in [-0.05, 0) is 24.8 Å². The highest BCUT2D eigenvalue weighted by Crippen LogP contribution is 2.23. The molecule has 0 amide bonds. The minimum absolute atomic E-state index is 0.272. The Morgan fingerprint density at radius 2 is 2.13 bits per heavy atom. The minimum atomic E-state index is -2.76. The van der Waals surface area contributed by atoms with Crippen molar-refractivity contribution in [2.24, 2.45) is 0 Å². The van der Waals surface area contributed by atoms with Crippen molar-refractivity contribution in [3.8, 4) is 0 Å². The van der Waals surface area contributed by atoms with Crippen LogP contribution in [0.15, 0.2) is 12.4 Å². The Labute approximate surface area is 90.2 Å². The molecule has 1 aromatic rings. The second kappa shape index (κ2) is 3.96. The van der Waals surface area contributed by atoms with Crippen LogP contribution in [-0.2, 0) is 16.3 Å². The summed E-state index contributed by atoms with van der Waals surface area (Å²) in [6.07, 6.45) is 6.27. The van der Waals surface area contributed by atoms with Crippen molar-refractivity contribution in [2.45, 2.75) is 32.2 Å². The monoisotopic (exact) mass is 228 g/mol. The summed E-state index contributed by atoms with van der Waals surface area (Å²) in [5.41, 5.74) is 1.21. The predicted octanol–water partition coefficient (Wildman–Crippen LogP) is 1.20. The van der Waals surface area contributed by atoms with Gasteiger partial charge in [0, 0.05) is 6.20 Å². The van der Waals surface area contributed by atoms with E-state index >= 15 is 0 Å². The molecule has 0 aromatic carbocycles. The van der Waals surface area contributed by atoms with Gasteiger partial charge in [-0.2, -0.15) is 5.10 Å². The second-order valence-electron chi connectivity index (χ2n) is 4.07. The number of hydrogen-bond acceptors (Lipinski definition) is 3. The number of sulfone groups is 1. The molecule has 2 rings (SSSR count). The summed E-state index contributed by atoms with van der Waals surface area (Å²) in [6, 6.07) is 0.272. The molecule has 2 heterocycles. The lowest BCUT2D eigenvalue weighted by atomic mass is 10.1. The summed E-state index contributed by atoms with van der Waals surface area (Å²) in [5, 5.41) is 4.28. The smallest absolute Gasteiger partial charge is 0.150 e. The molecule has 0 spiro atoms. The van der Waals surface area contributed by atoms with Crippen molar-refractivity contribution in [3.05, 3.63) is 18.0 Å². The van der Waals surface area contributed by atoms with Crippen LogP contribution >= 0.6 is 0 Å². The van der Waals surface area contributed by atoms with Crippen molar-refractivity contribution in [2.75, 3.05) is 11.5 Å². The summed E-state index contributed by atoms with van der Waals surface area (Å²) < 4.78 is 24.4. The van der Waals surface area contributed by atoms with Crippen LogP contribution in [0.3, 0.4) is 0 Å². The SMILES string of the molecule is CCc1cnn(C2CCS(=O)(=O)CC2)c1. The van der Waals surface area contributed by atoms with Gasteiger partial charge in [-0.3, -0.25) is 4.68 Å². The molecule has 1 fully saturated rings. The largest absolute Gasteiger partial charge is 0.269 e. The first-order valence-corrected chi connectivity index (χ1v) is 7.16. The molecule has 0 bridgehead atoms. The van der Waals surface area contributed by atoms with Gasteiger partial charge in [0.15, 0.2) is 0 Å². The van der Waals surface area contributed by atoms with E-state index in [1.54, 1.807) is 0 Å². The molecule has 4 nitrogen and oxygen atoms in total. The quantitative estimate of drug-likeness (QED) is 0.764. The lowest BCUT2D eigenvalue weighted by Gasteiger charge is -2.22. The molecule has 0 radical (unpaired) electrons. The zero-order valence-electron chi connectivity index (χ0n) is 8.89. The van der Waals surface area contributed by atoms with E-state index in [0.29, 0.717) is 24.3 Å². The Morgan fingerprint density at radius 3 is 2.67 bits per heavy atom. The molecule has 0 atom stereocenters.